The second kappa shape index (κ2) is 7.64. The number of anilines is 1. The molecule has 1 aliphatic heterocycles. The molecule has 25 heavy (non-hydrogen) atoms. The van der Waals surface area contributed by atoms with Gasteiger partial charge in [-0.1, -0.05) is 48.5 Å². The van der Waals surface area contributed by atoms with Crippen molar-refractivity contribution >= 4 is 16.7 Å². The van der Waals surface area contributed by atoms with Crippen LogP contribution in [0.25, 0.3) is 10.9 Å². The van der Waals surface area contributed by atoms with Crippen molar-refractivity contribution in [2.45, 2.75) is 13.1 Å². The summed E-state index contributed by atoms with van der Waals surface area (Å²) in [6.45, 7) is 5.00. The minimum Gasteiger partial charge on any atom is -0.378 e. The van der Waals surface area contributed by atoms with Crippen molar-refractivity contribution < 1.29 is 4.74 Å². The highest BCUT2D eigenvalue weighted by atomic mass is 16.5. The van der Waals surface area contributed by atoms with Gasteiger partial charge in [0.15, 0.2) is 0 Å². The minimum absolute atomic E-state index is 0.769. The van der Waals surface area contributed by atoms with Gasteiger partial charge in [0, 0.05) is 37.1 Å². The summed E-state index contributed by atoms with van der Waals surface area (Å²) in [5.74, 6) is 1.09. The predicted molar refractivity (Wildman–Crippen MR) is 102 cm³/mol. The lowest BCUT2D eigenvalue weighted by Crippen LogP contribution is -2.37. The third-order valence-electron chi connectivity index (χ3n) is 4.58. The van der Waals surface area contributed by atoms with Gasteiger partial charge in [0.05, 0.1) is 18.7 Å². The molecule has 0 bridgehead atoms. The van der Waals surface area contributed by atoms with Gasteiger partial charge in [-0.25, -0.2) is 4.98 Å². The van der Waals surface area contributed by atoms with E-state index >= 15 is 0 Å². The highest BCUT2D eigenvalue weighted by molar-refractivity contribution is 5.81. The monoisotopic (exact) mass is 333 g/mol. The predicted octanol–water partition coefficient (Wildman–Crippen LogP) is 3.36. The smallest absolute Gasteiger partial charge is 0.133 e. The number of hydrogen-bond donors (Lipinski definition) is 1. The highest BCUT2D eigenvalue weighted by Gasteiger charge is 2.17. The zero-order chi connectivity index (χ0) is 16.9. The van der Waals surface area contributed by atoms with Crippen LogP contribution in [0.1, 0.15) is 11.1 Å². The van der Waals surface area contributed by atoms with Crippen molar-refractivity contribution in [1.29, 1.82) is 0 Å². The number of fused-ring (bicyclic) bond motifs is 1. The summed E-state index contributed by atoms with van der Waals surface area (Å²) in [7, 11) is 0. The fraction of sp³-hybridized carbons (Fsp3) is 0.286. The molecule has 0 aliphatic carbocycles. The third kappa shape index (κ3) is 3.81. The van der Waals surface area contributed by atoms with Crippen molar-refractivity contribution in [2.24, 2.45) is 0 Å². The molecule has 0 unspecified atom stereocenters. The molecule has 0 radical (unpaired) electrons. The van der Waals surface area contributed by atoms with E-state index in [0.717, 1.165) is 50.7 Å². The van der Waals surface area contributed by atoms with Gasteiger partial charge in [-0.05, 0) is 17.7 Å². The summed E-state index contributed by atoms with van der Waals surface area (Å²) in [4.78, 5) is 7.30. The van der Waals surface area contributed by atoms with Crippen molar-refractivity contribution in [3.8, 4) is 0 Å². The molecule has 4 rings (SSSR count). The van der Waals surface area contributed by atoms with Crippen LogP contribution in [0.3, 0.4) is 0 Å². The van der Waals surface area contributed by atoms with Crippen LogP contribution in [0.2, 0.25) is 0 Å². The van der Waals surface area contributed by atoms with E-state index in [0.29, 0.717) is 0 Å². The van der Waals surface area contributed by atoms with Crippen molar-refractivity contribution in [3.63, 3.8) is 0 Å². The van der Waals surface area contributed by atoms with Crippen molar-refractivity contribution in [2.75, 3.05) is 31.2 Å². The highest BCUT2D eigenvalue weighted by Crippen LogP contribution is 2.24. The van der Waals surface area contributed by atoms with Gasteiger partial charge in [-0.3, -0.25) is 0 Å². The topological polar surface area (TPSA) is 37.4 Å². The van der Waals surface area contributed by atoms with Crippen LogP contribution in [0, 0.1) is 0 Å². The van der Waals surface area contributed by atoms with E-state index < -0.39 is 0 Å². The lowest BCUT2D eigenvalue weighted by Gasteiger charge is -2.30. The number of rotatable bonds is 5. The Kier molecular flexibility index (Phi) is 4.91. The normalized spacial score (nSPS) is 14.8. The zero-order valence-corrected chi connectivity index (χ0v) is 14.3. The first-order valence-electron chi connectivity index (χ1n) is 8.86. The van der Waals surface area contributed by atoms with Crippen molar-refractivity contribution in [3.05, 3.63) is 71.8 Å². The fourth-order valence-electron chi connectivity index (χ4n) is 3.27. The Morgan fingerprint density at radius 1 is 0.920 bits per heavy atom. The maximum absolute atomic E-state index is 5.50. The molecule has 1 aliphatic rings. The Hall–Kier alpha value is -2.43. The first kappa shape index (κ1) is 16.1. The van der Waals surface area contributed by atoms with E-state index in [-0.39, 0.29) is 0 Å². The Balaban J connectivity index is 1.58. The summed E-state index contributed by atoms with van der Waals surface area (Å²) in [6, 6.07) is 21.1. The molecule has 1 saturated heterocycles. The maximum atomic E-state index is 5.50. The molecule has 0 amide bonds. The molecule has 4 nitrogen and oxygen atoms in total. The van der Waals surface area contributed by atoms with Gasteiger partial charge in [-0.2, -0.15) is 0 Å². The number of ether oxygens (including phenoxy) is 1. The molecule has 4 heteroatoms. The van der Waals surface area contributed by atoms with Crippen LogP contribution in [-0.2, 0) is 17.8 Å². The molecule has 0 atom stereocenters. The lowest BCUT2D eigenvalue weighted by molar-refractivity contribution is 0.122. The van der Waals surface area contributed by atoms with Gasteiger partial charge in [0.2, 0.25) is 0 Å². The molecule has 1 fully saturated rings. The first-order valence-corrected chi connectivity index (χ1v) is 8.86. The second-order valence-electron chi connectivity index (χ2n) is 6.35. The molecular weight excluding hydrogens is 310 g/mol. The molecule has 128 valence electrons. The summed E-state index contributed by atoms with van der Waals surface area (Å²) >= 11 is 0. The number of nitrogens with one attached hydrogen (secondary N) is 1. The van der Waals surface area contributed by atoms with Crippen LogP contribution in [0.5, 0.6) is 0 Å². The van der Waals surface area contributed by atoms with E-state index in [4.69, 9.17) is 9.72 Å². The summed E-state index contributed by atoms with van der Waals surface area (Å²) < 4.78 is 5.50. The minimum atomic E-state index is 0.769. The Bertz CT molecular complexity index is 829. The maximum Gasteiger partial charge on any atom is 0.133 e. The van der Waals surface area contributed by atoms with Crippen LogP contribution in [-0.4, -0.2) is 31.3 Å². The number of benzene rings is 2. The molecular formula is C21H23N3O. The van der Waals surface area contributed by atoms with E-state index in [1.54, 1.807) is 0 Å². The third-order valence-corrected chi connectivity index (χ3v) is 4.58. The Morgan fingerprint density at radius 2 is 1.68 bits per heavy atom. The fourth-order valence-corrected chi connectivity index (χ4v) is 3.27. The molecule has 2 heterocycles. The van der Waals surface area contributed by atoms with E-state index in [1.807, 2.05) is 12.1 Å². The van der Waals surface area contributed by atoms with E-state index in [1.165, 1.54) is 16.5 Å². The second-order valence-corrected chi connectivity index (χ2v) is 6.35. The Morgan fingerprint density at radius 3 is 2.52 bits per heavy atom. The van der Waals surface area contributed by atoms with Gasteiger partial charge in [-0.15, -0.1) is 0 Å². The molecule has 1 N–H and O–H groups in total. The number of morpholine rings is 1. The standard InChI is InChI=1S/C21H23N3O/c1-2-6-17(7-3-1)15-22-16-19-14-18-8-4-5-9-20(18)23-21(19)24-10-12-25-13-11-24/h1-9,14,22H,10-13,15-16H2. The first-order chi connectivity index (χ1) is 12.4. The van der Waals surface area contributed by atoms with Gasteiger partial charge in [0.25, 0.3) is 0 Å². The summed E-state index contributed by atoms with van der Waals surface area (Å²) in [6.07, 6.45) is 0. The van der Waals surface area contributed by atoms with Crippen LogP contribution >= 0.6 is 0 Å². The average molecular weight is 333 g/mol. The number of pyridine rings is 1. The molecule has 2 aromatic carbocycles. The zero-order valence-electron chi connectivity index (χ0n) is 14.3. The van der Waals surface area contributed by atoms with E-state index in [9.17, 15) is 0 Å². The van der Waals surface area contributed by atoms with Crippen molar-refractivity contribution in [1.82, 2.24) is 10.3 Å². The lowest BCUT2D eigenvalue weighted by atomic mass is 10.1. The number of hydrogen-bond acceptors (Lipinski definition) is 4. The molecule has 3 aromatic rings. The molecule has 1 aromatic heterocycles. The quantitative estimate of drug-likeness (QED) is 0.777. The van der Waals surface area contributed by atoms with Crippen LogP contribution in [0.4, 0.5) is 5.82 Å². The van der Waals surface area contributed by atoms with E-state index in [2.05, 4.69) is 58.7 Å². The van der Waals surface area contributed by atoms with Gasteiger partial charge >= 0.3 is 0 Å². The van der Waals surface area contributed by atoms with Crippen LogP contribution < -0.4 is 10.2 Å². The number of nitrogens with zero attached hydrogens (tertiary/aromatic N) is 2. The SMILES string of the molecule is c1ccc(CNCc2cc3ccccc3nc2N2CCOCC2)cc1. The summed E-state index contributed by atoms with van der Waals surface area (Å²) in [5.41, 5.74) is 3.59. The van der Waals surface area contributed by atoms with Gasteiger partial charge < -0.3 is 15.0 Å². The van der Waals surface area contributed by atoms with Gasteiger partial charge in [0.1, 0.15) is 5.82 Å². The molecule has 0 saturated carbocycles. The summed E-state index contributed by atoms with van der Waals surface area (Å²) in [5, 5.41) is 4.76. The largest absolute Gasteiger partial charge is 0.378 e. The average Bonchev–Trinajstić information content (AvgIpc) is 2.69. The molecule has 0 spiro atoms. The van der Waals surface area contributed by atoms with Crippen LogP contribution in [0.15, 0.2) is 60.7 Å². The Labute approximate surface area is 148 Å². The number of para-hydroxylation sites is 1. The number of aromatic nitrogens is 1.